The van der Waals surface area contributed by atoms with E-state index in [1.165, 1.54) is 0 Å². The molecule has 0 radical (unpaired) electrons. The molecule has 0 amide bonds. The molecule has 0 bridgehead atoms. The zero-order chi connectivity index (χ0) is 20.7. The van der Waals surface area contributed by atoms with Crippen LogP contribution in [-0.4, -0.2) is 69.6 Å². The van der Waals surface area contributed by atoms with E-state index in [2.05, 4.69) is 26.8 Å². The summed E-state index contributed by atoms with van der Waals surface area (Å²) in [5.41, 5.74) is 0.978. The van der Waals surface area contributed by atoms with Crippen molar-refractivity contribution in [1.82, 2.24) is 0 Å². The Morgan fingerprint density at radius 2 is 1.89 bits per heavy atom. The number of allylic oxidation sites excluding steroid dienone is 1. The van der Waals surface area contributed by atoms with E-state index in [-0.39, 0.29) is 29.8 Å². The van der Waals surface area contributed by atoms with Gasteiger partial charge in [0, 0.05) is 12.3 Å². The zero-order valence-electron chi connectivity index (χ0n) is 17.1. The third-order valence-corrected chi connectivity index (χ3v) is 6.85. The third-order valence-electron chi connectivity index (χ3n) is 6.85. The predicted molar refractivity (Wildman–Crippen MR) is 101 cm³/mol. The second kappa shape index (κ2) is 8.50. The fourth-order valence-corrected chi connectivity index (χ4v) is 5.25. The van der Waals surface area contributed by atoms with Gasteiger partial charge < -0.3 is 29.9 Å². The largest absolute Gasteiger partial charge is 0.394 e. The predicted octanol–water partition coefficient (Wildman–Crippen LogP) is 0.635. The first-order chi connectivity index (χ1) is 13.1. The van der Waals surface area contributed by atoms with Crippen LogP contribution in [0.2, 0.25) is 0 Å². The molecule has 2 fully saturated rings. The van der Waals surface area contributed by atoms with Crippen LogP contribution in [0.3, 0.4) is 0 Å². The van der Waals surface area contributed by atoms with Crippen molar-refractivity contribution in [2.75, 3.05) is 6.61 Å². The van der Waals surface area contributed by atoms with E-state index in [0.29, 0.717) is 24.5 Å². The van der Waals surface area contributed by atoms with Gasteiger partial charge in [-0.3, -0.25) is 4.79 Å². The summed E-state index contributed by atoms with van der Waals surface area (Å²) in [6.45, 7) is 7.76. The van der Waals surface area contributed by atoms with Crippen LogP contribution in [0.15, 0.2) is 11.6 Å². The molecule has 3 aliphatic rings. The average molecular weight is 398 g/mol. The number of ether oxygens (including phenoxy) is 2. The lowest BCUT2D eigenvalue weighted by Gasteiger charge is -2.47. The molecule has 28 heavy (non-hydrogen) atoms. The van der Waals surface area contributed by atoms with Crippen LogP contribution in [0.25, 0.3) is 0 Å². The summed E-state index contributed by atoms with van der Waals surface area (Å²) in [6.07, 6.45) is -3.27. The SMILES string of the molecule is CC1=C[C@H]2[C@H](C[C@@H]1O[C@H]1O[C@@H](CO)[C@@H](O)[C@@H](O)[C@H]1O)[C@H](C)CC(=O)[C@H]2C(C)C. The Hall–Kier alpha value is -0.830. The molecule has 1 heterocycles. The van der Waals surface area contributed by atoms with Crippen LogP contribution in [0.4, 0.5) is 0 Å². The van der Waals surface area contributed by atoms with Gasteiger partial charge in [0.25, 0.3) is 0 Å². The number of Topliss-reactive ketones (excluding diaryl/α,β-unsaturated/α-hetero) is 1. The van der Waals surface area contributed by atoms with Crippen LogP contribution in [0.5, 0.6) is 0 Å². The normalized spacial score (nSPS) is 47.0. The van der Waals surface area contributed by atoms with E-state index >= 15 is 0 Å². The van der Waals surface area contributed by atoms with Gasteiger partial charge in [-0.2, -0.15) is 0 Å². The van der Waals surface area contributed by atoms with Crippen molar-refractivity contribution in [2.24, 2.45) is 29.6 Å². The molecule has 0 aromatic carbocycles. The van der Waals surface area contributed by atoms with Crippen molar-refractivity contribution in [3.05, 3.63) is 11.6 Å². The first-order valence-corrected chi connectivity index (χ1v) is 10.3. The minimum atomic E-state index is -1.45. The highest BCUT2D eigenvalue weighted by Gasteiger charge is 2.48. The Morgan fingerprint density at radius 3 is 2.50 bits per heavy atom. The first-order valence-electron chi connectivity index (χ1n) is 10.3. The highest BCUT2D eigenvalue weighted by molar-refractivity contribution is 5.83. The van der Waals surface area contributed by atoms with E-state index in [1.54, 1.807) is 0 Å². The summed E-state index contributed by atoms with van der Waals surface area (Å²) >= 11 is 0. The van der Waals surface area contributed by atoms with Crippen LogP contribution in [-0.2, 0) is 14.3 Å². The standard InChI is InChI=1S/C21H34O7/c1-9(2)17-13-5-11(4)15(7-12(13)10(3)6-14(17)23)27-21-20(26)19(25)18(24)16(8-22)28-21/h5,9-10,12-13,15-22,24-26H,6-8H2,1-4H3/t10-,12-,13+,15+,16+,17+,18-,19-,20-,21+/m1/s1. The van der Waals surface area contributed by atoms with Crippen molar-refractivity contribution in [3.63, 3.8) is 0 Å². The molecule has 0 unspecified atom stereocenters. The van der Waals surface area contributed by atoms with Gasteiger partial charge in [-0.1, -0.05) is 26.8 Å². The molecule has 1 saturated carbocycles. The van der Waals surface area contributed by atoms with Gasteiger partial charge in [0.2, 0.25) is 0 Å². The maximum absolute atomic E-state index is 12.6. The van der Waals surface area contributed by atoms with Gasteiger partial charge in [0.15, 0.2) is 6.29 Å². The Balaban J connectivity index is 1.78. The van der Waals surface area contributed by atoms with Crippen molar-refractivity contribution in [2.45, 2.75) is 77.3 Å². The molecule has 3 rings (SSSR count). The van der Waals surface area contributed by atoms with E-state index in [4.69, 9.17) is 9.47 Å². The second-order valence-electron chi connectivity index (χ2n) is 9.13. The van der Waals surface area contributed by atoms with E-state index < -0.39 is 37.3 Å². The Labute approximate surface area is 166 Å². The lowest BCUT2D eigenvalue weighted by atomic mass is 9.59. The molecule has 7 nitrogen and oxygen atoms in total. The summed E-state index contributed by atoms with van der Waals surface area (Å²) in [5, 5.41) is 39.6. The van der Waals surface area contributed by atoms with Gasteiger partial charge in [-0.25, -0.2) is 0 Å². The van der Waals surface area contributed by atoms with Crippen LogP contribution < -0.4 is 0 Å². The highest BCUT2D eigenvalue weighted by atomic mass is 16.7. The number of aliphatic hydroxyl groups excluding tert-OH is 4. The summed E-state index contributed by atoms with van der Waals surface area (Å²) in [6, 6.07) is 0. The molecule has 0 spiro atoms. The van der Waals surface area contributed by atoms with Gasteiger partial charge in [-0.05, 0) is 42.6 Å². The molecule has 10 atom stereocenters. The molecule has 4 N–H and O–H groups in total. The summed E-state index contributed by atoms with van der Waals surface area (Å²) < 4.78 is 11.5. The monoisotopic (exact) mass is 398 g/mol. The third kappa shape index (κ3) is 3.93. The Kier molecular flexibility index (Phi) is 6.64. The number of hydrogen-bond acceptors (Lipinski definition) is 7. The summed E-state index contributed by atoms with van der Waals surface area (Å²) in [5.74, 6) is 1.36. The number of carbonyl (C=O) groups excluding carboxylic acids is 1. The van der Waals surface area contributed by atoms with Gasteiger partial charge >= 0.3 is 0 Å². The molecular weight excluding hydrogens is 364 g/mol. The summed E-state index contributed by atoms with van der Waals surface area (Å²) in [4.78, 5) is 12.6. The van der Waals surface area contributed by atoms with Gasteiger partial charge in [-0.15, -0.1) is 0 Å². The Bertz CT molecular complexity index is 602. The van der Waals surface area contributed by atoms with Crippen molar-refractivity contribution in [3.8, 4) is 0 Å². The number of rotatable bonds is 4. The Morgan fingerprint density at radius 1 is 1.21 bits per heavy atom. The number of hydrogen-bond donors (Lipinski definition) is 4. The topological polar surface area (TPSA) is 116 Å². The van der Waals surface area contributed by atoms with E-state index in [9.17, 15) is 25.2 Å². The lowest BCUT2D eigenvalue weighted by molar-refractivity contribution is -0.310. The van der Waals surface area contributed by atoms with E-state index in [0.717, 1.165) is 5.57 Å². The quantitative estimate of drug-likeness (QED) is 0.513. The van der Waals surface area contributed by atoms with Crippen LogP contribution in [0.1, 0.15) is 40.5 Å². The molecule has 2 aliphatic carbocycles. The molecule has 1 aliphatic heterocycles. The van der Waals surface area contributed by atoms with Crippen molar-refractivity contribution in [1.29, 1.82) is 0 Å². The maximum Gasteiger partial charge on any atom is 0.187 e. The fraction of sp³-hybridized carbons (Fsp3) is 0.857. The van der Waals surface area contributed by atoms with Gasteiger partial charge in [0.05, 0.1) is 12.7 Å². The zero-order valence-corrected chi connectivity index (χ0v) is 17.1. The van der Waals surface area contributed by atoms with Crippen molar-refractivity contribution < 1.29 is 34.7 Å². The number of ketones is 1. The molecule has 1 saturated heterocycles. The lowest BCUT2D eigenvalue weighted by Crippen LogP contribution is -2.60. The van der Waals surface area contributed by atoms with Crippen molar-refractivity contribution >= 4 is 5.78 Å². The maximum atomic E-state index is 12.6. The second-order valence-corrected chi connectivity index (χ2v) is 9.13. The minimum absolute atomic E-state index is 0.0179. The smallest absolute Gasteiger partial charge is 0.187 e. The first kappa shape index (κ1) is 21.9. The number of carbonyl (C=O) groups is 1. The fourth-order valence-electron chi connectivity index (χ4n) is 5.25. The van der Waals surface area contributed by atoms with Crippen LogP contribution in [0, 0.1) is 29.6 Å². The minimum Gasteiger partial charge on any atom is -0.394 e. The highest BCUT2D eigenvalue weighted by Crippen LogP contribution is 2.47. The summed E-state index contributed by atoms with van der Waals surface area (Å²) in [7, 11) is 0. The van der Waals surface area contributed by atoms with Crippen LogP contribution >= 0.6 is 0 Å². The van der Waals surface area contributed by atoms with Gasteiger partial charge in [0.1, 0.15) is 30.2 Å². The average Bonchev–Trinajstić information content (AvgIpc) is 2.62. The molecular formula is C21H34O7. The van der Waals surface area contributed by atoms with E-state index in [1.807, 2.05) is 6.92 Å². The molecule has 0 aromatic heterocycles. The number of aliphatic hydroxyl groups is 4. The molecule has 0 aromatic rings. The molecule has 160 valence electrons. The number of fused-ring (bicyclic) bond motifs is 1. The molecule has 7 heteroatoms.